The van der Waals surface area contributed by atoms with Crippen LogP contribution in [0.5, 0.6) is 11.5 Å². The van der Waals surface area contributed by atoms with E-state index in [2.05, 4.69) is 5.32 Å². The first kappa shape index (κ1) is 30.5. The van der Waals surface area contributed by atoms with E-state index < -0.39 is 28.5 Å². The first-order chi connectivity index (χ1) is 19.1. The lowest BCUT2D eigenvalue weighted by atomic mass is 10.0. The molecule has 9 nitrogen and oxygen atoms in total. The highest BCUT2D eigenvalue weighted by Crippen LogP contribution is 2.32. The lowest BCUT2D eigenvalue weighted by Crippen LogP contribution is -2.53. The Morgan fingerprint density at radius 3 is 2.12 bits per heavy atom. The van der Waals surface area contributed by atoms with Gasteiger partial charge in [0.1, 0.15) is 12.6 Å². The van der Waals surface area contributed by atoms with Gasteiger partial charge in [-0.05, 0) is 37.1 Å². The van der Waals surface area contributed by atoms with Crippen LogP contribution < -0.4 is 19.1 Å². The largest absolute Gasteiger partial charge is 0.493 e. The van der Waals surface area contributed by atoms with Gasteiger partial charge in [0.25, 0.3) is 0 Å². The summed E-state index contributed by atoms with van der Waals surface area (Å²) in [6.07, 6.45) is 1.30. The average molecular weight is 568 g/mol. The van der Waals surface area contributed by atoms with E-state index in [1.807, 2.05) is 68.4 Å². The Kier molecular flexibility index (Phi) is 10.6. The van der Waals surface area contributed by atoms with Crippen molar-refractivity contribution in [2.45, 2.75) is 32.9 Å². The number of nitrogens with zero attached hydrogens (tertiary/aromatic N) is 2. The smallest absolute Gasteiger partial charge is 0.244 e. The van der Waals surface area contributed by atoms with Gasteiger partial charge in [-0.1, -0.05) is 60.2 Å². The number of hydrogen-bond donors (Lipinski definition) is 1. The molecule has 0 aliphatic rings. The highest BCUT2D eigenvalue weighted by atomic mass is 32.2. The molecule has 0 aliphatic heterocycles. The number of sulfonamides is 1. The Morgan fingerprint density at radius 1 is 0.900 bits per heavy atom. The molecule has 214 valence electrons. The SMILES string of the molecule is CCNC(=O)C(Cc1ccccc1)N(Cc1ccc(C)cc1)C(=O)CN(c1ccc(OC)c(OC)c1)S(C)(=O)=O. The lowest BCUT2D eigenvalue weighted by molar-refractivity contribution is -0.140. The van der Waals surface area contributed by atoms with Crippen LogP contribution in [0.15, 0.2) is 72.8 Å². The molecule has 10 heteroatoms. The van der Waals surface area contributed by atoms with Gasteiger partial charge < -0.3 is 19.7 Å². The maximum atomic E-state index is 14.0. The lowest BCUT2D eigenvalue weighted by Gasteiger charge is -2.33. The van der Waals surface area contributed by atoms with Crippen molar-refractivity contribution >= 4 is 27.5 Å². The van der Waals surface area contributed by atoms with E-state index in [1.165, 1.54) is 25.2 Å². The molecule has 40 heavy (non-hydrogen) atoms. The third-order valence-electron chi connectivity index (χ3n) is 6.43. The summed E-state index contributed by atoms with van der Waals surface area (Å²) in [5.41, 5.74) is 2.99. The van der Waals surface area contributed by atoms with Crippen LogP contribution in [0.1, 0.15) is 23.6 Å². The quantitative estimate of drug-likeness (QED) is 0.339. The minimum atomic E-state index is -3.90. The number of ether oxygens (including phenoxy) is 2. The van der Waals surface area contributed by atoms with Gasteiger partial charge in [-0.3, -0.25) is 13.9 Å². The van der Waals surface area contributed by atoms with E-state index in [-0.39, 0.29) is 24.6 Å². The Morgan fingerprint density at radius 2 is 1.55 bits per heavy atom. The number of benzene rings is 3. The van der Waals surface area contributed by atoms with Crippen LogP contribution in [-0.2, 0) is 32.6 Å². The highest BCUT2D eigenvalue weighted by Gasteiger charge is 2.33. The Bertz CT molecular complexity index is 1390. The zero-order chi connectivity index (χ0) is 29.3. The van der Waals surface area contributed by atoms with Gasteiger partial charge in [-0.2, -0.15) is 0 Å². The number of carbonyl (C=O) groups excluding carboxylic acids is 2. The van der Waals surface area contributed by atoms with Crippen molar-refractivity contribution in [1.29, 1.82) is 0 Å². The fraction of sp³-hybridized carbons (Fsp3) is 0.333. The Balaban J connectivity index is 2.05. The minimum absolute atomic E-state index is 0.122. The number of methoxy groups -OCH3 is 2. The van der Waals surface area contributed by atoms with Crippen LogP contribution in [0, 0.1) is 6.92 Å². The van der Waals surface area contributed by atoms with Gasteiger partial charge >= 0.3 is 0 Å². The molecule has 0 radical (unpaired) electrons. The Labute approximate surface area is 236 Å². The average Bonchev–Trinajstić information content (AvgIpc) is 2.94. The first-order valence-corrected chi connectivity index (χ1v) is 14.8. The predicted molar refractivity (Wildman–Crippen MR) is 156 cm³/mol. The number of hydrogen-bond acceptors (Lipinski definition) is 6. The Hall–Kier alpha value is -4.05. The summed E-state index contributed by atoms with van der Waals surface area (Å²) >= 11 is 0. The van der Waals surface area contributed by atoms with E-state index in [4.69, 9.17) is 9.47 Å². The van der Waals surface area contributed by atoms with E-state index >= 15 is 0 Å². The molecule has 1 unspecified atom stereocenters. The zero-order valence-electron chi connectivity index (χ0n) is 23.6. The maximum absolute atomic E-state index is 14.0. The van der Waals surface area contributed by atoms with Crippen molar-refractivity contribution in [3.05, 3.63) is 89.5 Å². The molecular formula is C30H37N3O6S. The molecule has 0 heterocycles. The van der Waals surface area contributed by atoms with Crippen LogP contribution in [0.4, 0.5) is 5.69 Å². The monoisotopic (exact) mass is 567 g/mol. The van der Waals surface area contributed by atoms with Crippen molar-refractivity contribution < 1.29 is 27.5 Å². The summed E-state index contributed by atoms with van der Waals surface area (Å²) in [5.74, 6) is -0.0927. The molecular weight excluding hydrogens is 530 g/mol. The number of carbonyl (C=O) groups is 2. The molecule has 1 N–H and O–H groups in total. The maximum Gasteiger partial charge on any atom is 0.244 e. The molecule has 0 aromatic heterocycles. The van der Waals surface area contributed by atoms with Crippen LogP contribution in [-0.4, -0.2) is 64.7 Å². The van der Waals surface area contributed by atoms with Gasteiger partial charge in [0, 0.05) is 25.6 Å². The normalized spacial score (nSPS) is 11.8. The predicted octanol–water partition coefficient (Wildman–Crippen LogP) is 3.55. The molecule has 0 saturated carbocycles. The van der Waals surface area contributed by atoms with Crippen LogP contribution in [0.2, 0.25) is 0 Å². The molecule has 3 aromatic carbocycles. The van der Waals surface area contributed by atoms with Crippen LogP contribution in [0.3, 0.4) is 0 Å². The second kappa shape index (κ2) is 13.8. The summed E-state index contributed by atoms with van der Waals surface area (Å²) in [6, 6.07) is 20.8. The molecule has 1 atom stereocenters. The summed E-state index contributed by atoms with van der Waals surface area (Å²) in [6.45, 7) is 3.78. The summed E-state index contributed by atoms with van der Waals surface area (Å²) in [5, 5.41) is 2.84. The van der Waals surface area contributed by atoms with Crippen molar-refractivity contribution in [1.82, 2.24) is 10.2 Å². The third kappa shape index (κ3) is 7.98. The fourth-order valence-electron chi connectivity index (χ4n) is 4.33. The minimum Gasteiger partial charge on any atom is -0.493 e. The van der Waals surface area contributed by atoms with Gasteiger partial charge in [-0.25, -0.2) is 8.42 Å². The first-order valence-electron chi connectivity index (χ1n) is 12.9. The molecule has 0 aliphatic carbocycles. The van der Waals surface area contributed by atoms with E-state index in [0.717, 1.165) is 27.3 Å². The molecule has 0 bridgehead atoms. The highest BCUT2D eigenvalue weighted by molar-refractivity contribution is 7.92. The molecule has 0 spiro atoms. The number of nitrogens with one attached hydrogen (secondary N) is 1. The van der Waals surface area contributed by atoms with E-state index in [1.54, 1.807) is 12.1 Å². The van der Waals surface area contributed by atoms with E-state index in [0.29, 0.717) is 18.0 Å². The van der Waals surface area contributed by atoms with E-state index in [9.17, 15) is 18.0 Å². The second-order valence-corrected chi connectivity index (χ2v) is 11.3. The topological polar surface area (TPSA) is 105 Å². The van der Waals surface area contributed by atoms with Crippen molar-refractivity contribution in [3.63, 3.8) is 0 Å². The number of amides is 2. The van der Waals surface area contributed by atoms with Crippen LogP contribution in [0.25, 0.3) is 0 Å². The molecule has 0 fully saturated rings. The summed E-state index contributed by atoms with van der Waals surface area (Å²) in [4.78, 5) is 28.9. The van der Waals surface area contributed by atoms with Gasteiger partial charge in [-0.15, -0.1) is 0 Å². The second-order valence-electron chi connectivity index (χ2n) is 9.42. The zero-order valence-corrected chi connectivity index (χ0v) is 24.4. The number of likely N-dealkylation sites (N-methyl/N-ethyl adjacent to an activating group) is 1. The summed E-state index contributed by atoms with van der Waals surface area (Å²) in [7, 11) is -0.971. The van der Waals surface area contributed by atoms with Crippen molar-refractivity contribution in [3.8, 4) is 11.5 Å². The van der Waals surface area contributed by atoms with Crippen molar-refractivity contribution in [2.24, 2.45) is 0 Å². The summed E-state index contributed by atoms with van der Waals surface area (Å²) < 4.78 is 37.5. The molecule has 0 saturated heterocycles. The van der Waals surface area contributed by atoms with Crippen LogP contribution >= 0.6 is 0 Å². The molecule has 3 rings (SSSR count). The number of aryl methyl sites for hydroxylation is 1. The number of anilines is 1. The van der Waals surface area contributed by atoms with Gasteiger partial charge in [0.05, 0.1) is 26.2 Å². The van der Waals surface area contributed by atoms with Gasteiger partial charge in [0.15, 0.2) is 11.5 Å². The van der Waals surface area contributed by atoms with Gasteiger partial charge in [0.2, 0.25) is 21.8 Å². The van der Waals surface area contributed by atoms with Crippen molar-refractivity contribution in [2.75, 3.05) is 37.9 Å². The standard InChI is InChI=1S/C30H37N3O6S/c1-6-31-30(35)26(18-23-10-8-7-9-11-23)32(20-24-14-12-22(2)13-15-24)29(34)21-33(40(5,36)37)25-16-17-27(38-3)28(19-25)39-4/h7-17,19,26H,6,18,20-21H2,1-5H3,(H,31,35). The molecule has 2 amide bonds. The fourth-order valence-corrected chi connectivity index (χ4v) is 5.17. The molecule has 3 aromatic rings. The third-order valence-corrected chi connectivity index (χ3v) is 7.57. The number of rotatable bonds is 13.